The van der Waals surface area contributed by atoms with Gasteiger partial charge < -0.3 is 5.32 Å². The zero-order chi connectivity index (χ0) is 13.8. The summed E-state index contributed by atoms with van der Waals surface area (Å²) in [6.07, 6.45) is 5.25. The van der Waals surface area contributed by atoms with Crippen molar-refractivity contribution < 1.29 is 4.79 Å². The van der Waals surface area contributed by atoms with Gasteiger partial charge in [0.15, 0.2) is 5.17 Å². The first-order valence-electron chi connectivity index (χ1n) is 5.95. The van der Waals surface area contributed by atoms with Crippen LogP contribution in [0.15, 0.2) is 46.9 Å². The van der Waals surface area contributed by atoms with Gasteiger partial charge in [-0.05, 0) is 5.56 Å². The van der Waals surface area contributed by atoms with Gasteiger partial charge in [-0.2, -0.15) is 10.2 Å². The van der Waals surface area contributed by atoms with Crippen molar-refractivity contribution in [1.29, 1.82) is 0 Å². The topological polar surface area (TPSA) is 82.5 Å². The second-order valence-corrected chi connectivity index (χ2v) is 5.02. The van der Waals surface area contributed by atoms with Crippen LogP contribution in [0.25, 0.3) is 11.1 Å². The number of benzene rings is 1. The van der Waals surface area contributed by atoms with Crippen molar-refractivity contribution in [3.8, 4) is 11.1 Å². The number of rotatable bonds is 3. The fourth-order valence-corrected chi connectivity index (χ4v) is 2.42. The number of nitrogens with one attached hydrogen (secondary N) is 2. The second kappa shape index (κ2) is 5.70. The number of carbonyl (C=O) groups excluding carboxylic acids is 1. The van der Waals surface area contributed by atoms with E-state index in [9.17, 15) is 4.79 Å². The maximum Gasteiger partial charge on any atom is 0.236 e. The number of H-pyrrole nitrogens is 1. The highest BCUT2D eigenvalue weighted by Crippen LogP contribution is 2.21. The molecule has 2 N–H and O–H groups in total. The molecule has 1 aromatic carbocycles. The Morgan fingerprint density at radius 1 is 1.35 bits per heavy atom. The van der Waals surface area contributed by atoms with Gasteiger partial charge in [-0.3, -0.25) is 9.89 Å². The minimum atomic E-state index is -0.0391. The van der Waals surface area contributed by atoms with Gasteiger partial charge in [0.25, 0.3) is 0 Å². The third kappa shape index (κ3) is 2.77. The standard InChI is InChI=1S/C13H11N5OS/c19-12-8-20-13(17-12)18-16-5-9-3-1-2-4-11(9)10-6-14-15-7-10/h1-7H,8H2,(H,14,15)(H,17,18,19). The van der Waals surface area contributed by atoms with E-state index in [1.54, 1.807) is 12.4 Å². The molecule has 1 aliphatic heterocycles. The monoisotopic (exact) mass is 285 g/mol. The molecule has 1 saturated heterocycles. The molecule has 3 rings (SSSR count). The summed E-state index contributed by atoms with van der Waals surface area (Å²) in [6.45, 7) is 0. The van der Waals surface area contributed by atoms with E-state index < -0.39 is 0 Å². The first-order valence-corrected chi connectivity index (χ1v) is 6.93. The average Bonchev–Trinajstić information content (AvgIpc) is 3.11. The summed E-state index contributed by atoms with van der Waals surface area (Å²) in [5, 5.41) is 17.9. The lowest BCUT2D eigenvalue weighted by molar-refractivity contribution is -0.116. The van der Waals surface area contributed by atoms with Gasteiger partial charge >= 0.3 is 0 Å². The van der Waals surface area contributed by atoms with Crippen molar-refractivity contribution in [3.05, 3.63) is 42.2 Å². The third-order valence-electron chi connectivity index (χ3n) is 2.70. The van der Waals surface area contributed by atoms with Crippen LogP contribution >= 0.6 is 11.8 Å². The van der Waals surface area contributed by atoms with Crippen LogP contribution in [-0.2, 0) is 4.79 Å². The fraction of sp³-hybridized carbons (Fsp3) is 0.0769. The van der Waals surface area contributed by atoms with Crippen LogP contribution in [0.1, 0.15) is 5.56 Å². The molecule has 1 fully saturated rings. The van der Waals surface area contributed by atoms with E-state index in [2.05, 4.69) is 25.7 Å². The Bertz CT molecular complexity index is 678. The minimum Gasteiger partial charge on any atom is -0.303 e. The van der Waals surface area contributed by atoms with Crippen molar-refractivity contribution in [3.63, 3.8) is 0 Å². The molecule has 0 radical (unpaired) electrons. The quantitative estimate of drug-likeness (QED) is 0.664. The van der Waals surface area contributed by atoms with Crippen molar-refractivity contribution in [1.82, 2.24) is 15.5 Å². The van der Waals surface area contributed by atoms with Crippen LogP contribution in [0, 0.1) is 0 Å². The molecule has 0 bridgehead atoms. The highest BCUT2D eigenvalue weighted by atomic mass is 32.2. The Morgan fingerprint density at radius 2 is 2.25 bits per heavy atom. The molecule has 7 heteroatoms. The number of amidine groups is 1. The van der Waals surface area contributed by atoms with E-state index >= 15 is 0 Å². The number of thioether (sulfide) groups is 1. The summed E-state index contributed by atoms with van der Waals surface area (Å²) < 4.78 is 0. The van der Waals surface area contributed by atoms with Gasteiger partial charge in [0.1, 0.15) is 0 Å². The van der Waals surface area contributed by atoms with Crippen molar-refractivity contribution >= 4 is 29.1 Å². The van der Waals surface area contributed by atoms with Crippen LogP contribution in [0.4, 0.5) is 0 Å². The second-order valence-electron chi connectivity index (χ2n) is 4.06. The van der Waals surface area contributed by atoms with Crippen molar-refractivity contribution in [2.75, 3.05) is 5.75 Å². The lowest BCUT2D eigenvalue weighted by Crippen LogP contribution is -2.19. The van der Waals surface area contributed by atoms with E-state index in [1.807, 2.05) is 30.5 Å². The van der Waals surface area contributed by atoms with Gasteiger partial charge in [-0.15, -0.1) is 5.10 Å². The highest BCUT2D eigenvalue weighted by molar-refractivity contribution is 8.15. The molecule has 1 aromatic heterocycles. The van der Waals surface area contributed by atoms with E-state index in [4.69, 9.17) is 0 Å². The van der Waals surface area contributed by atoms with Crippen molar-refractivity contribution in [2.45, 2.75) is 0 Å². The SMILES string of the molecule is O=C1CSC(=NN=Cc2ccccc2-c2cn[nH]c2)N1. The Kier molecular flexibility index (Phi) is 3.60. The number of hydrogen-bond donors (Lipinski definition) is 2. The number of nitrogens with zero attached hydrogens (tertiary/aromatic N) is 3. The number of aromatic amines is 1. The summed E-state index contributed by atoms with van der Waals surface area (Å²) in [5.74, 6) is 0.364. The molecule has 0 unspecified atom stereocenters. The van der Waals surface area contributed by atoms with Gasteiger partial charge in [-0.1, -0.05) is 36.0 Å². The largest absolute Gasteiger partial charge is 0.303 e. The molecule has 0 atom stereocenters. The van der Waals surface area contributed by atoms with Gasteiger partial charge in [0.05, 0.1) is 18.2 Å². The van der Waals surface area contributed by atoms with Crippen LogP contribution in [0.2, 0.25) is 0 Å². The molecule has 20 heavy (non-hydrogen) atoms. The van der Waals surface area contributed by atoms with E-state index in [0.717, 1.165) is 16.7 Å². The molecule has 1 aliphatic rings. The smallest absolute Gasteiger partial charge is 0.236 e. The maximum absolute atomic E-state index is 11.0. The van der Waals surface area contributed by atoms with E-state index in [-0.39, 0.29) is 5.91 Å². The van der Waals surface area contributed by atoms with Gasteiger partial charge in [-0.25, -0.2) is 0 Å². The molecule has 0 spiro atoms. The Morgan fingerprint density at radius 3 is 3.00 bits per heavy atom. The van der Waals surface area contributed by atoms with E-state index in [1.165, 1.54) is 11.8 Å². The number of carbonyl (C=O) groups is 1. The molecular formula is C13H11N5OS. The highest BCUT2D eigenvalue weighted by Gasteiger charge is 2.15. The maximum atomic E-state index is 11.0. The number of aromatic nitrogens is 2. The predicted octanol–water partition coefficient (Wildman–Crippen LogP) is 1.63. The average molecular weight is 285 g/mol. The Hall–Kier alpha value is -2.41. The summed E-state index contributed by atoms with van der Waals surface area (Å²) in [7, 11) is 0. The normalized spacial score (nSPS) is 17.0. The Balaban J connectivity index is 1.83. The lowest BCUT2D eigenvalue weighted by Gasteiger charge is -2.01. The number of hydrogen-bond acceptors (Lipinski definition) is 5. The van der Waals surface area contributed by atoms with Gasteiger partial charge in [0.2, 0.25) is 5.91 Å². The van der Waals surface area contributed by atoms with Crippen molar-refractivity contribution in [2.24, 2.45) is 10.2 Å². The zero-order valence-electron chi connectivity index (χ0n) is 10.4. The summed E-state index contributed by atoms with van der Waals surface area (Å²) >= 11 is 1.35. The first kappa shape index (κ1) is 12.6. The molecule has 6 nitrogen and oxygen atoms in total. The molecule has 1 amide bonds. The molecular weight excluding hydrogens is 274 g/mol. The molecule has 0 saturated carbocycles. The van der Waals surface area contributed by atoms with Gasteiger partial charge in [0, 0.05) is 17.3 Å². The molecule has 0 aliphatic carbocycles. The molecule has 2 heterocycles. The fourth-order valence-electron chi connectivity index (χ4n) is 1.79. The first-order chi connectivity index (χ1) is 9.83. The number of amides is 1. The summed E-state index contributed by atoms with van der Waals surface area (Å²) in [6, 6.07) is 7.83. The zero-order valence-corrected chi connectivity index (χ0v) is 11.2. The van der Waals surface area contributed by atoms with E-state index in [0.29, 0.717) is 10.9 Å². The minimum absolute atomic E-state index is 0.0391. The Labute approximate surface area is 119 Å². The molecule has 2 aromatic rings. The van der Waals surface area contributed by atoms with Crippen LogP contribution in [-0.4, -0.2) is 33.2 Å². The van der Waals surface area contributed by atoms with Crippen LogP contribution in [0.5, 0.6) is 0 Å². The van der Waals surface area contributed by atoms with Crippen LogP contribution < -0.4 is 5.32 Å². The summed E-state index contributed by atoms with van der Waals surface area (Å²) in [5.41, 5.74) is 2.95. The molecule has 100 valence electrons. The van der Waals surface area contributed by atoms with Crippen LogP contribution in [0.3, 0.4) is 0 Å². The summed E-state index contributed by atoms with van der Waals surface area (Å²) in [4.78, 5) is 11.0. The lowest BCUT2D eigenvalue weighted by atomic mass is 10.0. The third-order valence-corrected chi connectivity index (χ3v) is 3.57. The predicted molar refractivity (Wildman–Crippen MR) is 79.7 cm³/mol.